The number of anilines is 2. The number of hydrogen-bond donors (Lipinski definition) is 3. The molecule has 1 aromatic carbocycles. The minimum atomic E-state index is -0.802. The summed E-state index contributed by atoms with van der Waals surface area (Å²) in [5.74, 6) is -1.50. The molecular weight excluding hydrogens is 280 g/mol. The Morgan fingerprint density at radius 3 is 2.57 bits per heavy atom. The van der Waals surface area contributed by atoms with E-state index in [1.165, 1.54) is 0 Å². The van der Waals surface area contributed by atoms with Gasteiger partial charge in [0.2, 0.25) is 0 Å². The summed E-state index contributed by atoms with van der Waals surface area (Å²) in [5, 5.41) is 5.40. The fourth-order valence-corrected chi connectivity index (χ4v) is 1.55. The van der Waals surface area contributed by atoms with Crippen molar-refractivity contribution in [2.75, 3.05) is 24.1 Å². The van der Waals surface area contributed by atoms with E-state index in [2.05, 4.69) is 10.6 Å². The highest BCUT2D eigenvalue weighted by Gasteiger charge is 2.15. The van der Waals surface area contributed by atoms with Crippen molar-refractivity contribution >= 4 is 17.5 Å². The Hall–Kier alpha value is -2.05. The predicted octanol–water partition coefficient (Wildman–Crippen LogP) is 2.87. The second-order valence-electron chi connectivity index (χ2n) is 5.56. The van der Waals surface area contributed by atoms with Crippen molar-refractivity contribution in [2.45, 2.75) is 32.8 Å². The first kappa shape index (κ1) is 17.0. The third kappa shape index (κ3) is 6.29. The lowest BCUT2D eigenvalue weighted by Gasteiger charge is -2.19. The summed E-state index contributed by atoms with van der Waals surface area (Å²) in [6.07, 6.45) is 0.0513. The van der Waals surface area contributed by atoms with E-state index in [4.69, 9.17) is 10.5 Å². The van der Waals surface area contributed by atoms with Crippen LogP contribution >= 0.6 is 0 Å². The fourth-order valence-electron chi connectivity index (χ4n) is 1.55. The molecule has 5 nitrogen and oxygen atoms in total. The lowest BCUT2D eigenvalue weighted by atomic mass is 10.2. The van der Waals surface area contributed by atoms with Crippen molar-refractivity contribution < 1.29 is 18.3 Å². The molecule has 1 rings (SSSR count). The SMILES string of the molecule is CC(C)(C)OC(=O)NCCCNc1cc(F)cc(F)c1N. The zero-order valence-corrected chi connectivity index (χ0v) is 12.4. The van der Waals surface area contributed by atoms with E-state index in [-0.39, 0.29) is 11.4 Å². The normalized spacial score (nSPS) is 11.1. The smallest absolute Gasteiger partial charge is 0.407 e. The summed E-state index contributed by atoms with van der Waals surface area (Å²) in [6.45, 7) is 6.10. The molecule has 0 aliphatic rings. The molecule has 0 fully saturated rings. The van der Waals surface area contributed by atoms with E-state index >= 15 is 0 Å². The lowest BCUT2D eigenvalue weighted by Crippen LogP contribution is -2.33. The Bertz CT molecular complexity index is 502. The lowest BCUT2D eigenvalue weighted by molar-refractivity contribution is 0.0528. The van der Waals surface area contributed by atoms with Crippen LogP contribution in [-0.2, 0) is 4.74 Å². The quantitative estimate of drug-likeness (QED) is 0.577. The van der Waals surface area contributed by atoms with Crippen LogP contribution in [0.4, 0.5) is 25.0 Å². The van der Waals surface area contributed by atoms with Crippen molar-refractivity contribution in [3.05, 3.63) is 23.8 Å². The molecular formula is C14H21F2N3O2. The number of carbonyl (C=O) groups is 1. The maximum absolute atomic E-state index is 13.2. The van der Waals surface area contributed by atoms with E-state index in [0.29, 0.717) is 19.5 Å². The first-order valence-corrected chi connectivity index (χ1v) is 6.64. The molecule has 0 aliphatic heterocycles. The van der Waals surface area contributed by atoms with E-state index in [9.17, 15) is 13.6 Å². The number of ether oxygens (including phenoxy) is 1. The van der Waals surface area contributed by atoms with Gasteiger partial charge in [-0.3, -0.25) is 0 Å². The summed E-state index contributed by atoms with van der Waals surface area (Å²) in [7, 11) is 0. The number of nitrogens with one attached hydrogen (secondary N) is 2. The third-order valence-corrected chi connectivity index (χ3v) is 2.43. The molecule has 4 N–H and O–H groups in total. The Balaban J connectivity index is 2.31. The molecule has 7 heteroatoms. The van der Waals surface area contributed by atoms with E-state index in [1.54, 1.807) is 20.8 Å². The highest BCUT2D eigenvalue weighted by atomic mass is 19.1. The molecule has 21 heavy (non-hydrogen) atoms. The Kier molecular flexibility index (Phi) is 5.75. The van der Waals surface area contributed by atoms with Gasteiger partial charge in [0, 0.05) is 19.2 Å². The maximum Gasteiger partial charge on any atom is 0.407 e. The van der Waals surface area contributed by atoms with Crippen LogP contribution in [0.1, 0.15) is 27.2 Å². The standard InChI is InChI=1S/C14H21F2N3O2/c1-14(2,3)21-13(20)19-6-4-5-18-11-8-9(15)7-10(16)12(11)17/h7-8,18H,4-6,17H2,1-3H3,(H,19,20). The summed E-state index contributed by atoms with van der Waals surface area (Å²) in [5.41, 5.74) is 5.01. The van der Waals surface area contributed by atoms with Crippen molar-refractivity contribution in [2.24, 2.45) is 0 Å². The minimum absolute atomic E-state index is 0.128. The topological polar surface area (TPSA) is 76.4 Å². The van der Waals surface area contributed by atoms with Gasteiger partial charge in [-0.05, 0) is 33.3 Å². The molecule has 1 amide bonds. The van der Waals surface area contributed by atoms with Crippen LogP contribution < -0.4 is 16.4 Å². The number of nitrogen functional groups attached to an aromatic ring is 1. The van der Waals surface area contributed by atoms with Crippen molar-refractivity contribution in [1.82, 2.24) is 5.32 Å². The number of rotatable bonds is 5. The molecule has 0 radical (unpaired) electrons. The van der Waals surface area contributed by atoms with Crippen LogP contribution in [0.5, 0.6) is 0 Å². The number of amides is 1. The Morgan fingerprint density at radius 1 is 1.29 bits per heavy atom. The van der Waals surface area contributed by atoms with Gasteiger partial charge in [-0.1, -0.05) is 0 Å². The molecule has 0 heterocycles. The molecule has 0 spiro atoms. The number of alkyl carbamates (subject to hydrolysis) is 1. The maximum atomic E-state index is 13.2. The molecule has 0 aromatic heterocycles. The van der Waals surface area contributed by atoms with Crippen LogP contribution in [-0.4, -0.2) is 24.8 Å². The third-order valence-electron chi connectivity index (χ3n) is 2.43. The van der Waals surface area contributed by atoms with Crippen molar-refractivity contribution in [3.8, 4) is 0 Å². The van der Waals surface area contributed by atoms with Gasteiger partial charge in [-0.2, -0.15) is 0 Å². The first-order chi connectivity index (χ1) is 9.69. The van der Waals surface area contributed by atoms with Gasteiger partial charge in [0.05, 0.1) is 11.4 Å². The Morgan fingerprint density at radius 2 is 1.95 bits per heavy atom. The second-order valence-corrected chi connectivity index (χ2v) is 5.56. The summed E-state index contributed by atoms with van der Waals surface area (Å²) in [4.78, 5) is 11.4. The largest absolute Gasteiger partial charge is 0.444 e. The zero-order chi connectivity index (χ0) is 16.0. The molecule has 0 atom stereocenters. The van der Waals surface area contributed by atoms with Crippen molar-refractivity contribution in [1.29, 1.82) is 0 Å². The molecule has 118 valence electrons. The average Bonchev–Trinajstić information content (AvgIpc) is 2.32. The first-order valence-electron chi connectivity index (χ1n) is 6.64. The number of nitrogens with two attached hydrogens (primary N) is 1. The van der Waals surface area contributed by atoms with Crippen LogP contribution in [0.3, 0.4) is 0 Å². The Labute approximate surface area is 122 Å². The van der Waals surface area contributed by atoms with Gasteiger partial charge in [-0.25, -0.2) is 13.6 Å². The predicted molar refractivity (Wildman–Crippen MR) is 78.1 cm³/mol. The molecule has 0 unspecified atom stereocenters. The average molecular weight is 301 g/mol. The number of hydrogen-bond acceptors (Lipinski definition) is 4. The van der Waals surface area contributed by atoms with Gasteiger partial charge in [0.25, 0.3) is 0 Å². The van der Waals surface area contributed by atoms with E-state index in [0.717, 1.165) is 12.1 Å². The van der Waals surface area contributed by atoms with Gasteiger partial charge in [0.1, 0.15) is 11.4 Å². The second kappa shape index (κ2) is 7.10. The van der Waals surface area contributed by atoms with Crippen LogP contribution in [0, 0.1) is 11.6 Å². The molecule has 0 saturated carbocycles. The van der Waals surface area contributed by atoms with Crippen molar-refractivity contribution in [3.63, 3.8) is 0 Å². The van der Waals surface area contributed by atoms with E-state index < -0.39 is 23.3 Å². The summed E-state index contributed by atoms with van der Waals surface area (Å²) >= 11 is 0. The summed E-state index contributed by atoms with van der Waals surface area (Å²) < 4.78 is 31.3. The van der Waals surface area contributed by atoms with Crippen LogP contribution in [0.2, 0.25) is 0 Å². The molecule has 0 bridgehead atoms. The number of carbonyl (C=O) groups excluding carboxylic acids is 1. The van der Waals surface area contributed by atoms with Crippen LogP contribution in [0.25, 0.3) is 0 Å². The highest BCUT2D eigenvalue weighted by molar-refractivity contribution is 5.68. The number of benzene rings is 1. The fraction of sp³-hybridized carbons (Fsp3) is 0.500. The van der Waals surface area contributed by atoms with Crippen LogP contribution in [0.15, 0.2) is 12.1 Å². The van der Waals surface area contributed by atoms with Gasteiger partial charge in [-0.15, -0.1) is 0 Å². The minimum Gasteiger partial charge on any atom is -0.444 e. The highest BCUT2D eigenvalue weighted by Crippen LogP contribution is 2.23. The van der Waals surface area contributed by atoms with Gasteiger partial charge >= 0.3 is 6.09 Å². The summed E-state index contributed by atoms with van der Waals surface area (Å²) in [6, 6.07) is 1.85. The molecule has 0 saturated heterocycles. The monoisotopic (exact) mass is 301 g/mol. The van der Waals surface area contributed by atoms with Gasteiger partial charge in [0.15, 0.2) is 5.82 Å². The van der Waals surface area contributed by atoms with Gasteiger partial charge < -0.3 is 21.1 Å². The molecule has 0 aliphatic carbocycles. The van der Waals surface area contributed by atoms with E-state index in [1.807, 2.05) is 0 Å². The zero-order valence-electron chi connectivity index (χ0n) is 12.4. The molecule has 1 aromatic rings. The number of halogens is 2.